The van der Waals surface area contributed by atoms with Crippen molar-refractivity contribution in [3.05, 3.63) is 0 Å². The first-order chi connectivity index (χ1) is 9.40. The van der Waals surface area contributed by atoms with E-state index in [9.17, 15) is 14.4 Å². The van der Waals surface area contributed by atoms with Gasteiger partial charge in [0, 0.05) is 30.3 Å². The second-order valence-electron chi connectivity index (χ2n) is 4.28. The average molecular weight is 322 g/mol. The fraction of sp³-hybridized carbons (Fsp3) is 0.769. The molecule has 0 aliphatic carbocycles. The minimum absolute atomic E-state index is 0.0502. The molecule has 0 spiro atoms. The summed E-state index contributed by atoms with van der Waals surface area (Å²) in [6.45, 7) is 5.23. The molecule has 0 rings (SSSR count). The number of hydrogen-bond donors (Lipinski definition) is 1. The second-order valence-corrected chi connectivity index (χ2v) is 5.79. The highest BCUT2D eigenvalue weighted by Gasteiger charge is 2.17. The van der Waals surface area contributed by atoms with Crippen LogP contribution in [-0.4, -0.2) is 41.3 Å². The number of ether oxygens (including phenoxy) is 2. The van der Waals surface area contributed by atoms with Crippen LogP contribution in [0.15, 0.2) is 0 Å². The molecule has 0 radical (unpaired) electrons. The van der Waals surface area contributed by atoms with E-state index in [1.54, 1.807) is 20.8 Å². The van der Waals surface area contributed by atoms with Crippen molar-refractivity contribution in [1.29, 1.82) is 0 Å². The van der Waals surface area contributed by atoms with Crippen molar-refractivity contribution < 1.29 is 23.9 Å². The molecule has 0 saturated heterocycles. The summed E-state index contributed by atoms with van der Waals surface area (Å²) < 4.78 is 10.2. The lowest BCUT2D eigenvalue weighted by Crippen LogP contribution is -2.27. The van der Waals surface area contributed by atoms with Crippen LogP contribution in [0.3, 0.4) is 0 Å². The van der Waals surface area contributed by atoms with Gasteiger partial charge in [0.1, 0.15) is 12.7 Å². The summed E-state index contributed by atoms with van der Waals surface area (Å²) in [5.41, 5.74) is 0. The maximum Gasteiger partial charge on any atom is 0.305 e. The lowest BCUT2D eigenvalue weighted by molar-refractivity contribution is -0.157. The highest BCUT2D eigenvalue weighted by molar-refractivity contribution is 7.99. The number of hydrogen-bond acceptors (Lipinski definition) is 6. The molecule has 0 aromatic heterocycles. The van der Waals surface area contributed by atoms with Gasteiger partial charge in [-0.25, -0.2) is 0 Å². The number of carbonyl (C=O) groups is 3. The van der Waals surface area contributed by atoms with Crippen molar-refractivity contribution in [2.24, 2.45) is 5.92 Å². The van der Waals surface area contributed by atoms with Crippen LogP contribution < -0.4 is 0 Å². The molecule has 0 amide bonds. The first-order valence-corrected chi connectivity index (χ1v) is 8.16. The van der Waals surface area contributed by atoms with Gasteiger partial charge in [-0.15, -0.1) is 12.6 Å². The first-order valence-electron chi connectivity index (χ1n) is 6.56. The van der Waals surface area contributed by atoms with Crippen molar-refractivity contribution in [2.45, 2.75) is 39.7 Å². The summed E-state index contributed by atoms with van der Waals surface area (Å²) >= 11 is 5.23. The monoisotopic (exact) mass is 322 g/mol. The van der Waals surface area contributed by atoms with Gasteiger partial charge in [-0.1, -0.05) is 20.8 Å². The van der Waals surface area contributed by atoms with E-state index in [0.717, 1.165) is 0 Å². The minimum Gasteiger partial charge on any atom is -0.462 e. The van der Waals surface area contributed by atoms with Crippen LogP contribution in [0.2, 0.25) is 0 Å². The molecular weight excluding hydrogens is 300 g/mol. The molecule has 5 nitrogen and oxygen atoms in total. The van der Waals surface area contributed by atoms with Gasteiger partial charge in [-0.2, -0.15) is 11.8 Å². The maximum atomic E-state index is 11.3. The molecule has 20 heavy (non-hydrogen) atoms. The zero-order chi connectivity index (χ0) is 15.5. The lowest BCUT2D eigenvalue weighted by Gasteiger charge is -2.18. The minimum atomic E-state index is -0.481. The third kappa shape index (κ3) is 9.25. The summed E-state index contributed by atoms with van der Waals surface area (Å²) in [6.07, 6.45) is 0.0754. The molecule has 0 N–H and O–H groups in total. The predicted molar refractivity (Wildman–Crippen MR) is 81.9 cm³/mol. The number of thioether (sulfide) groups is 1. The molecule has 2 atom stereocenters. The Labute approximate surface area is 129 Å². The highest BCUT2D eigenvalue weighted by atomic mass is 32.2. The quantitative estimate of drug-likeness (QED) is 0.490. The van der Waals surface area contributed by atoms with Crippen LogP contribution in [-0.2, 0) is 23.9 Å². The van der Waals surface area contributed by atoms with E-state index >= 15 is 0 Å². The van der Waals surface area contributed by atoms with Gasteiger partial charge in [0.05, 0.1) is 0 Å². The first kappa shape index (κ1) is 19.3. The SMILES string of the molecule is CCC(=O)OC[C@@H](CSC[C@H](C)C(=O)S)OC(=O)CC. The van der Waals surface area contributed by atoms with Gasteiger partial charge in [-0.3, -0.25) is 14.4 Å². The van der Waals surface area contributed by atoms with Gasteiger partial charge in [0.15, 0.2) is 5.12 Å². The van der Waals surface area contributed by atoms with E-state index < -0.39 is 6.10 Å². The molecule has 0 unspecified atom stereocenters. The standard InChI is InChI=1S/C13H22O5S2/c1-4-11(14)17-6-10(18-12(15)5-2)8-20-7-9(3)13(16)19/h9-10H,4-8H2,1-3H3,(H,16,19)/t9-,10-/m0/s1. The van der Waals surface area contributed by atoms with E-state index in [2.05, 4.69) is 12.6 Å². The number of thiol groups is 1. The zero-order valence-electron chi connectivity index (χ0n) is 12.1. The van der Waals surface area contributed by atoms with Gasteiger partial charge >= 0.3 is 11.9 Å². The van der Waals surface area contributed by atoms with Crippen LogP contribution in [0, 0.1) is 5.92 Å². The highest BCUT2D eigenvalue weighted by Crippen LogP contribution is 2.14. The van der Waals surface area contributed by atoms with Crippen LogP contribution in [0.4, 0.5) is 0 Å². The Morgan fingerprint density at radius 1 is 1.10 bits per heavy atom. The summed E-state index contributed by atoms with van der Waals surface area (Å²) in [7, 11) is 0. The van der Waals surface area contributed by atoms with E-state index in [1.807, 2.05) is 0 Å². The van der Waals surface area contributed by atoms with E-state index in [1.165, 1.54) is 11.8 Å². The van der Waals surface area contributed by atoms with Crippen LogP contribution >= 0.6 is 24.4 Å². The van der Waals surface area contributed by atoms with Crippen molar-refractivity contribution in [2.75, 3.05) is 18.1 Å². The Balaban J connectivity index is 4.19. The van der Waals surface area contributed by atoms with Crippen molar-refractivity contribution in [1.82, 2.24) is 0 Å². The van der Waals surface area contributed by atoms with Gasteiger partial charge in [0.25, 0.3) is 0 Å². The van der Waals surface area contributed by atoms with Gasteiger partial charge in [0.2, 0.25) is 0 Å². The summed E-state index contributed by atoms with van der Waals surface area (Å²) in [4.78, 5) is 33.4. The Bertz CT molecular complexity index is 333. The molecule has 7 heteroatoms. The number of rotatable bonds is 10. The molecular formula is C13H22O5S2. The summed E-state index contributed by atoms with van der Waals surface area (Å²) in [5, 5.41) is -0.169. The van der Waals surface area contributed by atoms with Crippen LogP contribution in [0.25, 0.3) is 0 Å². The molecule has 116 valence electrons. The zero-order valence-corrected chi connectivity index (χ0v) is 13.8. The average Bonchev–Trinajstić information content (AvgIpc) is 2.43. The molecule has 0 heterocycles. The second kappa shape index (κ2) is 11.0. The molecule has 0 aliphatic rings. The molecule has 0 aliphatic heterocycles. The topological polar surface area (TPSA) is 69.7 Å². The lowest BCUT2D eigenvalue weighted by atomic mass is 10.2. The van der Waals surface area contributed by atoms with Crippen molar-refractivity contribution in [3.8, 4) is 0 Å². The van der Waals surface area contributed by atoms with Crippen molar-refractivity contribution >= 4 is 41.4 Å². The molecule has 0 bridgehead atoms. The number of esters is 2. The Morgan fingerprint density at radius 2 is 1.70 bits per heavy atom. The van der Waals surface area contributed by atoms with E-state index in [0.29, 0.717) is 11.5 Å². The maximum absolute atomic E-state index is 11.3. The van der Waals surface area contributed by atoms with Crippen molar-refractivity contribution in [3.63, 3.8) is 0 Å². The van der Waals surface area contributed by atoms with Gasteiger partial charge < -0.3 is 9.47 Å². The van der Waals surface area contributed by atoms with Crippen LogP contribution in [0.1, 0.15) is 33.6 Å². The fourth-order valence-corrected chi connectivity index (χ4v) is 2.40. The Morgan fingerprint density at radius 3 is 2.20 bits per heavy atom. The molecule has 0 aromatic rings. The molecule has 0 aromatic carbocycles. The van der Waals surface area contributed by atoms with E-state index in [4.69, 9.17) is 9.47 Å². The predicted octanol–water partition coefficient (Wildman–Crippen LogP) is 2.09. The van der Waals surface area contributed by atoms with Gasteiger partial charge in [-0.05, 0) is 0 Å². The Hall–Kier alpha value is -0.690. The largest absolute Gasteiger partial charge is 0.462 e. The summed E-state index contributed by atoms with van der Waals surface area (Å²) in [5.74, 6) is 0.246. The number of carbonyl (C=O) groups excluding carboxylic acids is 3. The van der Waals surface area contributed by atoms with E-state index in [-0.39, 0.29) is 42.4 Å². The Kier molecular flexibility index (Phi) is 10.6. The normalized spacial score (nSPS) is 13.4. The summed E-state index contributed by atoms with van der Waals surface area (Å²) in [6, 6.07) is 0. The third-order valence-corrected chi connectivity index (χ3v) is 4.18. The smallest absolute Gasteiger partial charge is 0.305 e. The fourth-order valence-electron chi connectivity index (χ4n) is 1.12. The molecule has 0 fully saturated rings. The third-order valence-electron chi connectivity index (χ3n) is 2.40. The molecule has 0 saturated carbocycles. The van der Waals surface area contributed by atoms with Crippen LogP contribution in [0.5, 0.6) is 0 Å².